The molecular weight excluding hydrogens is 382 g/mol. The molecule has 1 saturated heterocycles. The molecule has 0 N–H and O–H groups in total. The van der Waals surface area contributed by atoms with E-state index in [1.54, 1.807) is 0 Å². The smallest absolute Gasteiger partial charge is 0.257 e. The second-order valence-corrected chi connectivity index (χ2v) is 9.03. The van der Waals surface area contributed by atoms with Crippen LogP contribution in [0.25, 0.3) is 10.8 Å². The first-order chi connectivity index (χ1) is 14.3. The quantitative estimate of drug-likeness (QED) is 0.545. The van der Waals surface area contributed by atoms with Gasteiger partial charge in [-0.15, -0.1) is 21.5 Å². The molecule has 0 radical (unpaired) electrons. The van der Waals surface area contributed by atoms with Gasteiger partial charge >= 0.3 is 0 Å². The molecule has 0 amide bonds. The maximum Gasteiger partial charge on any atom is 0.257 e. The van der Waals surface area contributed by atoms with Crippen molar-refractivity contribution in [1.82, 2.24) is 15.1 Å². The summed E-state index contributed by atoms with van der Waals surface area (Å²) in [6.45, 7) is 4.47. The minimum absolute atomic E-state index is 0.398. The molecule has 1 aliphatic heterocycles. The first-order valence-electron chi connectivity index (χ1n) is 10.7. The van der Waals surface area contributed by atoms with Crippen molar-refractivity contribution in [3.05, 3.63) is 52.2 Å². The van der Waals surface area contributed by atoms with E-state index in [2.05, 4.69) is 45.4 Å². The van der Waals surface area contributed by atoms with Gasteiger partial charge in [-0.25, -0.2) is 0 Å². The lowest BCUT2D eigenvalue weighted by atomic mass is 9.99. The summed E-state index contributed by atoms with van der Waals surface area (Å²) in [7, 11) is 0. The second-order valence-electron chi connectivity index (χ2n) is 7.90. The van der Waals surface area contributed by atoms with Gasteiger partial charge in [0, 0.05) is 10.9 Å². The average molecular weight is 410 g/mol. The highest BCUT2D eigenvalue weighted by Gasteiger charge is 2.28. The Labute approximate surface area is 175 Å². The predicted molar refractivity (Wildman–Crippen MR) is 114 cm³/mol. The van der Waals surface area contributed by atoms with E-state index in [1.807, 2.05) is 18.3 Å². The highest BCUT2D eigenvalue weighted by Crippen LogP contribution is 2.36. The van der Waals surface area contributed by atoms with Crippen LogP contribution in [0.1, 0.15) is 60.5 Å². The molecule has 152 valence electrons. The van der Waals surface area contributed by atoms with Crippen LogP contribution in [0.2, 0.25) is 0 Å². The molecule has 1 unspecified atom stereocenters. The van der Waals surface area contributed by atoms with Crippen LogP contribution in [0.4, 0.5) is 0 Å². The molecule has 1 aliphatic carbocycles. The van der Waals surface area contributed by atoms with Crippen LogP contribution < -0.4 is 4.74 Å². The van der Waals surface area contributed by atoms with Crippen LogP contribution >= 0.6 is 11.3 Å². The lowest BCUT2D eigenvalue weighted by Crippen LogP contribution is -2.22. The van der Waals surface area contributed by atoms with Crippen molar-refractivity contribution in [1.29, 1.82) is 0 Å². The third kappa shape index (κ3) is 3.96. The third-order valence-corrected chi connectivity index (χ3v) is 7.18. The van der Waals surface area contributed by atoms with Gasteiger partial charge in [0.25, 0.3) is 5.89 Å². The normalized spacial score (nSPS) is 19.4. The Morgan fingerprint density at radius 2 is 2.00 bits per heavy atom. The van der Waals surface area contributed by atoms with Crippen molar-refractivity contribution < 1.29 is 9.15 Å². The van der Waals surface area contributed by atoms with Gasteiger partial charge in [-0.2, -0.15) is 0 Å². The first-order valence-corrected chi connectivity index (χ1v) is 11.5. The summed E-state index contributed by atoms with van der Waals surface area (Å²) < 4.78 is 11.6. The largest absolute Gasteiger partial charge is 0.494 e. The van der Waals surface area contributed by atoms with E-state index in [0.717, 1.165) is 23.6 Å². The zero-order valence-corrected chi connectivity index (χ0v) is 17.7. The number of hydrogen-bond acceptors (Lipinski definition) is 6. The van der Waals surface area contributed by atoms with Crippen LogP contribution in [0.15, 0.2) is 34.7 Å². The van der Waals surface area contributed by atoms with E-state index in [9.17, 15) is 0 Å². The first kappa shape index (κ1) is 18.8. The highest BCUT2D eigenvalue weighted by molar-refractivity contribution is 7.15. The van der Waals surface area contributed by atoms with Crippen LogP contribution in [-0.4, -0.2) is 28.2 Å². The number of thiophene rings is 1. The number of benzene rings is 1. The molecule has 0 bridgehead atoms. The number of rotatable bonds is 6. The topological polar surface area (TPSA) is 51.4 Å². The van der Waals surface area contributed by atoms with E-state index in [-0.39, 0.29) is 0 Å². The Morgan fingerprint density at radius 1 is 1.14 bits per heavy atom. The third-order valence-electron chi connectivity index (χ3n) is 5.95. The van der Waals surface area contributed by atoms with Gasteiger partial charge in [-0.3, -0.25) is 4.90 Å². The molecule has 1 fully saturated rings. The number of fused-ring (bicyclic) bond motifs is 1. The molecule has 3 heterocycles. The fourth-order valence-electron chi connectivity index (χ4n) is 4.53. The Bertz CT molecular complexity index is 939. The molecular formula is C23H27N3O2S. The molecule has 5 nitrogen and oxygen atoms in total. The molecule has 0 spiro atoms. The number of aromatic nitrogens is 2. The van der Waals surface area contributed by atoms with Crippen molar-refractivity contribution in [3.63, 3.8) is 0 Å². The number of hydrogen-bond donors (Lipinski definition) is 0. The maximum atomic E-state index is 6.07. The number of aryl methyl sites for hydroxylation is 2. The van der Waals surface area contributed by atoms with E-state index >= 15 is 0 Å². The molecule has 1 atom stereocenters. The Hall–Kier alpha value is -2.18. The monoisotopic (exact) mass is 409 g/mol. The molecule has 0 saturated carbocycles. The molecule has 1 aromatic carbocycles. The Morgan fingerprint density at radius 3 is 2.83 bits per heavy atom. The van der Waals surface area contributed by atoms with Gasteiger partial charge in [-0.05, 0) is 81.3 Å². The molecule has 2 aliphatic rings. The van der Waals surface area contributed by atoms with Gasteiger partial charge in [0.2, 0.25) is 5.89 Å². The summed E-state index contributed by atoms with van der Waals surface area (Å²) in [5.41, 5.74) is 2.81. The summed E-state index contributed by atoms with van der Waals surface area (Å²) in [4.78, 5) is 5.08. The summed E-state index contributed by atoms with van der Waals surface area (Å²) in [6.07, 6.45) is 7.32. The van der Waals surface area contributed by atoms with Crippen molar-refractivity contribution >= 4 is 11.3 Å². The van der Waals surface area contributed by atoms with Crippen LogP contribution in [0.5, 0.6) is 5.75 Å². The number of ether oxygens (including phenoxy) is 1. The second kappa shape index (κ2) is 8.28. The predicted octanol–water partition coefficient (Wildman–Crippen LogP) is 5.41. The Balaban J connectivity index is 1.29. The number of nitrogens with zero attached hydrogens (tertiary/aromatic N) is 3. The average Bonchev–Trinajstić information content (AvgIpc) is 3.48. The van der Waals surface area contributed by atoms with Gasteiger partial charge in [0.1, 0.15) is 5.75 Å². The van der Waals surface area contributed by atoms with Crippen molar-refractivity contribution in [2.75, 3.05) is 13.2 Å². The van der Waals surface area contributed by atoms with Crippen LogP contribution in [0, 0.1) is 0 Å². The van der Waals surface area contributed by atoms with Gasteiger partial charge in [0.05, 0.1) is 18.0 Å². The van der Waals surface area contributed by atoms with Crippen molar-refractivity contribution in [2.45, 2.75) is 58.0 Å². The SMILES string of the molecule is CCOc1ccc(C2CCCN2Cc2nnc(-c3cc4c(s3)CCCC4)o2)cc1. The van der Waals surface area contributed by atoms with E-state index < -0.39 is 0 Å². The summed E-state index contributed by atoms with van der Waals surface area (Å²) in [5.74, 6) is 2.32. The van der Waals surface area contributed by atoms with Gasteiger partial charge in [-0.1, -0.05) is 12.1 Å². The molecule has 3 aromatic rings. The minimum atomic E-state index is 0.398. The highest BCUT2D eigenvalue weighted by atomic mass is 32.1. The van der Waals surface area contributed by atoms with E-state index in [1.165, 1.54) is 48.1 Å². The van der Waals surface area contributed by atoms with Crippen LogP contribution in [-0.2, 0) is 19.4 Å². The summed E-state index contributed by atoms with van der Waals surface area (Å²) in [5, 5.41) is 8.71. The molecule has 29 heavy (non-hydrogen) atoms. The zero-order valence-electron chi connectivity index (χ0n) is 16.9. The van der Waals surface area contributed by atoms with Crippen molar-refractivity contribution in [3.8, 4) is 16.5 Å². The fourth-order valence-corrected chi connectivity index (χ4v) is 5.71. The van der Waals surface area contributed by atoms with Gasteiger partial charge in [0.15, 0.2) is 0 Å². The van der Waals surface area contributed by atoms with E-state index in [4.69, 9.17) is 9.15 Å². The fraction of sp³-hybridized carbons (Fsp3) is 0.478. The summed E-state index contributed by atoms with van der Waals surface area (Å²) in [6, 6.07) is 11.2. The maximum absolute atomic E-state index is 6.07. The Kier molecular flexibility index (Phi) is 5.38. The molecule has 2 aromatic heterocycles. The minimum Gasteiger partial charge on any atom is -0.494 e. The standard InChI is InChI=1S/C23H27N3O2S/c1-2-27-18-11-9-16(10-12-18)19-7-5-13-26(19)15-22-24-25-23(28-22)21-14-17-6-3-4-8-20(17)29-21/h9-12,14,19H,2-8,13,15H2,1H3. The van der Waals surface area contributed by atoms with E-state index in [0.29, 0.717) is 31.0 Å². The van der Waals surface area contributed by atoms with Crippen molar-refractivity contribution in [2.24, 2.45) is 0 Å². The van der Waals surface area contributed by atoms with Gasteiger partial charge < -0.3 is 9.15 Å². The number of likely N-dealkylation sites (tertiary alicyclic amines) is 1. The zero-order chi connectivity index (χ0) is 19.6. The lowest BCUT2D eigenvalue weighted by Gasteiger charge is -2.23. The molecule has 5 rings (SSSR count). The summed E-state index contributed by atoms with van der Waals surface area (Å²) >= 11 is 1.83. The van der Waals surface area contributed by atoms with Crippen LogP contribution in [0.3, 0.4) is 0 Å². The molecule has 6 heteroatoms. The lowest BCUT2D eigenvalue weighted by molar-refractivity contribution is 0.224.